The van der Waals surface area contributed by atoms with Crippen LogP contribution in [0.15, 0.2) is 83.8 Å². The number of nitrogens with zero attached hydrogens (tertiary/aromatic N) is 4. The summed E-state index contributed by atoms with van der Waals surface area (Å²) in [6.07, 6.45) is -4.02. The molecule has 0 unspecified atom stereocenters. The quantitative estimate of drug-likeness (QED) is 0.292. The molecule has 1 fully saturated rings. The topological polar surface area (TPSA) is 66.4 Å². The highest BCUT2D eigenvalue weighted by Crippen LogP contribution is 2.32. The number of hydrogen-bond donors (Lipinski definition) is 0. The molecule has 1 saturated heterocycles. The Hall–Kier alpha value is -3.76. The second kappa shape index (κ2) is 11.0. The second-order valence-corrected chi connectivity index (χ2v) is 11.8. The number of aryl methyl sites for hydroxylation is 2. The maximum absolute atomic E-state index is 13.3. The number of hydrogen-bond acceptors (Lipinski definition) is 5. The molecule has 40 heavy (non-hydrogen) atoms. The van der Waals surface area contributed by atoms with Gasteiger partial charge in [0.25, 0.3) is 0 Å². The van der Waals surface area contributed by atoms with E-state index < -0.39 is 21.8 Å². The van der Waals surface area contributed by atoms with Crippen molar-refractivity contribution >= 4 is 15.8 Å². The Labute approximate surface area is 232 Å². The molecule has 4 aromatic rings. The van der Waals surface area contributed by atoms with E-state index in [0.29, 0.717) is 31.4 Å². The average molecular weight is 567 g/mol. The summed E-state index contributed by atoms with van der Waals surface area (Å²) in [5.74, 6) is 1.33. The lowest BCUT2D eigenvalue weighted by atomic mass is 10.0. The van der Waals surface area contributed by atoms with Gasteiger partial charge in [-0.25, -0.2) is 18.4 Å². The van der Waals surface area contributed by atoms with E-state index in [4.69, 9.17) is 9.97 Å². The third-order valence-corrected chi connectivity index (χ3v) is 8.96. The molecule has 208 valence electrons. The smallest absolute Gasteiger partial charge is 0.354 e. The number of halogens is 3. The van der Waals surface area contributed by atoms with E-state index in [1.807, 2.05) is 73.3 Å². The Morgan fingerprint density at radius 1 is 0.825 bits per heavy atom. The number of benzene rings is 3. The van der Waals surface area contributed by atoms with Crippen LogP contribution in [0.25, 0.3) is 11.4 Å². The molecule has 5 rings (SSSR count). The van der Waals surface area contributed by atoms with Crippen molar-refractivity contribution in [2.75, 3.05) is 31.1 Å². The van der Waals surface area contributed by atoms with Gasteiger partial charge < -0.3 is 4.90 Å². The summed E-state index contributed by atoms with van der Waals surface area (Å²) in [4.78, 5) is 11.5. The fourth-order valence-electron chi connectivity index (χ4n) is 4.80. The Morgan fingerprint density at radius 3 is 2.15 bits per heavy atom. The van der Waals surface area contributed by atoms with Crippen molar-refractivity contribution in [2.24, 2.45) is 0 Å². The van der Waals surface area contributed by atoms with Gasteiger partial charge in [-0.15, -0.1) is 0 Å². The standard InChI is InChI=1S/C30H29F3N4O2S/c1-21-11-13-24(14-12-21)28-34-22(2)27(19-23-7-4-3-5-8-23)29(35-28)36-15-17-37(18-16-36)40(38,39)26-10-6-9-25(20-26)30(31,32)33/h3-14,20H,15-19H2,1-2H3. The zero-order valence-electron chi connectivity index (χ0n) is 22.2. The zero-order chi connectivity index (χ0) is 28.5. The van der Waals surface area contributed by atoms with Gasteiger partial charge in [0.15, 0.2) is 5.82 Å². The van der Waals surface area contributed by atoms with Crippen LogP contribution in [0.3, 0.4) is 0 Å². The van der Waals surface area contributed by atoms with Crippen molar-refractivity contribution < 1.29 is 21.6 Å². The molecule has 0 atom stereocenters. The van der Waals surface area contributed by atoms with Crippen LogP contribution in [0.4, 0.5) is 19.0 Å². The number of aromatic nitrogens is 2. The summed E-state index contributed by atoms with van der Waals surface area (Å²) in [5.41, 5.74) is 3.91. The molecule has 0 spiro atoms. The Morgan fingerprint density at radius 2 is 1.50 bits per heavy atom. The van der Waals surface area contributed by atoms with Crippen LogP contribution in [0.1, 0.15) is 27.9 Å². The molecule has 0 N–H and O–H groups in total. The highest BCUT2D eigenvalue weighted by Gasteiger charge is 2.34. The number of anilines is 1. The minimum Gasteiger partial charge on any atom is -0.354 e. The minimum absolute atomic E-state index is 0.117. The minimum atomic E-state index is -4.63. The van der Waals surface area contributed by atoms with Gasteiger partial charge in [0.1, 0.15) is 5.82 Å². The van der Waals surface area contributed by atoms with Crippen molar-refractivity contribution in [1.29, 1.82) is 0 Å². The summed E-state index contributed by atoms with van der Waals surface area (Å²) in [5, 5.41) is 0. The fraction of sp³-hybridized carbons (Fsp3) is 0.267. The summed E-state index contributed by atoms with van der Waals surface area (Å²) < 4.78 is 67.4. The van der Waals surface area contributed by atoms with Gasteiger partial charge in [-0.1, -0.05) is 66.2 Å². The van der Waals surface area contributed by atoms with Crippen LogP contribution in [-0.4, -0.2) is 48.9 Å². The lowest BCUT2D eigenvalue weighted by Gasteiger charge is -2.36. The molecule has 1 aromatic heterocycles. The highest BCUT2D eigenvalue weighted by atomic mass is 32.2. The van der Waals surface area contributed by atoms with E-state index in [2.05, 4.69) is 0 Å². The lowest BCUT2D eigenvalue weighted by molar-refractivity contribution is -0.137. The predicted octanol–water partition coefficient (Wildman–Crippen LogP) is 5.88. The van der Waals surface area contributed by atoms with Crippen molar-refractivity contribution in [2.45, 2.75) is 31.3 Å². The van der Waals surface area contributed by atoms with Crippen molar-refractivity contribution in [3.05, 3.63) is 107 Å². The SMILES string of the molecule is Cc1ccc(-c2nc(C)c(Cc3ccccc3)c(N3CCN(S(=O)(=O)c4cccc(C(F)(F)F)c4)CC3)n2)cc1. The summed E-state index contributed by atoms with van der Waals surface area (Å²) in [6, 6.07) is 21.8. The summed E-state index contributed by atoms with van der Waals surface area (Å²) in [6.45, 7) is 4.87. The molecule has 0 radical (unpaired) electrons. The van der Waals surface area contributed by atoms with Crippen LogP contribution < -0.4 is 4.90 Å². The first kappa shape index (κ1) is 27.8. The third kappa shape index (κ3) is 5.88. The lowest BCUT2D eigenvalue weighted by Crippen LogP contribution is -2.49. The number of alkyl halides is 3. The molecule has 3 aromatic carbocycles. The van der Waals surface area contributed by atoms with Gasteiger partial charge in [0, 0.05) is 49.4 Å². The normalized spacial score (nSPS) is 14.9. The van der Waals surface area contributed by atoms with E-state index in [0.717, 1.165) is 45.9 Å². The van der Waals surface area contributed by atoms with E-state index in [1.54, 1.807) is 0 Å². The maximum Gasteiger partial charge on any atom is 0.416 e. The van der Waals surface area contributed by atoms with Crippen LogP contribution in [0.2, 0.25) is 0 Å². The first-order chi connectivity index (χ1) is 19.0. The van der Waals surface area contributed by atoms with Gasteiger partial charge in [0.2, 0.25) is 10.0 Å². The van der Waals surface area contributed by atoms with E-state index in [-0.39, 0.29) is 18.0 Å². The van der Waals surface area contributed by atoms with Gasteiger partial charge in [-0.2, -0.15) is 17.5 Å². The molecule has 0 saturated carbocycles. The third-order valence-electron chi connectivity index (χ3n) is 7.06. The number of rotatable bonds is 6. The Kier molecular flexibility index (Phi) is 7.65. The maximum atomic E-state index is 13.3. The number of piperazine rings is 1. The van der Waals surface area contributed by atoms with E-state index in [9.17, 15) is 21.6 Å². The zero-order valence-corrected chi connectivity index (χ0v) is 23.0. The first-order valence-electron chi connectivity index (χ1n) is 12.9. The first-order valence-corrected chi connectivity index (χ1v) is 14.4. The molecule has 2 heterocycles. The van der Waals surface area contributed by atoms with Gasteiger partial charge in [0.05, 0.1) is 10.5 Å². The molecule has 6 nitrogen and oxygen atoms in total. The molecule has 0 aliphatic carbocycles. The van der Waals surface area contributed by atoms with Crippen molar-refractivity contribution in [3.8, 4) is 11.4 Å². The van der Waals surface area contributed by atoms with Crippen LogP contribution in [-0.2, 0) is 22.6 Å². The van der Waals surface area contributed by atoms with E-state index in [1.165, 1.54) is 10.4 Å². The van der Waals surface area contributed by atoms with Gasteiger partial charge in [-0.3, -0.25) is 0 Å². The molecular formula is C30H29F3N4O2S. The molecular weight excluding hydrogens is 537 g/mol. The molecule has 10 heteroatoms. The van der Waals surface area contributed by atoms with Gasteiger partial charge >= 0.3 is 6.18 Å². The van der Waals surface area contributed by atoms with Gasteiger partial charge in [-0.05, 0) is 37.6 Å². The molecule has 1 aliphatic rings. The van der Waals surface area contributed by atoms with E-state index >= 15 is 0 Å². The highest BCUT2D eigenvalue weighted by molar-refractivity contribution is 7.89. The second-order valence-electron chi connectivity index (χ2n) is 9.88. The Balaban J connectivity index is 1.44. The number of sulfonamides is 1. The molecule has 0 bridgehead atoms. The van der Waals surface area contributed by atoms with Crippen LogP contribution in [0, 0.1) is 13.8 Å². The monoisotopic (exact) mass is 566 g/mol. The average Bonchev–Trinajstić information content (AvgIpc) is 2.95. The van der Waals surface area contributed by atoms with Crippen LogP contribution in [0.5, 0.6) is 0 Å². The molecule has 1 aliphatic heterocycles. The summed E-state index contributed by atoms with van der Waals surface area (Å²) >= 11 is 0. The summed E-state index contributed by atoms with van der Waals surface area (Å²) in [7, 11) is -4.10. The Bertz CT molecular complexity index is 1600. The predicted molar refractivity (Wildman–Crippen MR) is 149 cm³/mol. The van der Waals surface area contributed by atoms with Crippen LogP contribution >= 0.6 is 0 Å². The molecule has 0 amide bonds. The largest absolute Gasteiger partial charge is 0.416 e. The van der Waals surface area contributed by atoms with Crippen molar-refractivity contribution in [1.82, 2.24) is 14.3 Å². The fourth-order valence-corrected chi connectivity index (χ4v) is 6.27. The van der Waals surface area contributed by atoms with Crippen molar-refractivity contribution in [3.63, 3.8) is 0 Å².